The maximum atomic E-state index is 12.1. The molecule has 1 aliphatic carbocycles. The molecule has 1 N–H and O–H groups in total. The maximum Gasteiger partial charge on any atom is 0.253 e. The summed E-state index contributed by atoms with van der Waals surface area (Å²) in [6.07, 6.45) is 6.71. The van der Waals surface area contributed by atoms with Gasteiger partial charge in [-0.2, -0.15) is 0 Å². The van der Waals surface area contributed by atoms with Gasteiger partial charge in [0, 0.05) is 22.9 Å². The third kappa shape index (κ3) is 2.86. The van der Waals surface area contributed by atoms with E-state index in [1.165, 1.54) is 12.8 Å². The number of hydrogen-bond donors (Lipinski definition) is 1. The number of amides is 1. The van der Waals surface area contributed by atoms with Crippen molar-refractivity contribution in [2.75, 3.05) is 0 Å². The molecule has 1 aliphatic rings. The van der Waals surface area contributed by atoms with E-state index in [1.807, 2.05) is 0 Å². The van der Waals surface area contributed by atoms with Crippen molar-refractivity contribution in [3.63, 3.8) is 0 Å². The fraction of sp³-hybridized carbons (Fsp3) is 0.538. The lowest BCUT2D eigenvalue weighted by atomic mass is 9.87. The summed E-state index contributed by atoms with van der Waals surface area (Å²) in [4.78, 5) is 16.1. The zero-order valence-corrected chi connectivity index (χ0v) is 11.8. The summed E-state index contributed by atoms with van der Waals surface area (Å²) in [5, 5.41) is 3.11. The van der Waals surface area contributed by atoms with Gasteiger partial charge >= 0.3 is 0 Å². The van der Waals surface area contributed by atoms with Crippen molar-refractivity contribution in [2.45, 2.75) is 39.2 Å². The zero-order chi connectivity index (χ0) is 12.5. The van der Waals surface area contributed by atoms with Gasteiger partial charge in [0.1, 0.15) is 0 Å². The smallest absolute Gasteiger partial charge is 0.253 e. The number of nitrogens with zero attached hydrogens (tertiary/aromatic N) is 1. The molecule has 1 unspecified atom stereocenters. The number of nitrogens with one attached hydrogen (secondary N) is 1. The highest BCUT2D eigenvalue weighted by atomic mass is 79.9. The van der Waals surface area contributed by atoms with E-state index in [-0.39, 0.29) is 17.4 Å². The second-order valence-corrected chi connectivity index (χ2v) is 6.21. The Morgan fingerprint density at radius 1 is 1.53 bits per heavy atom. The Hall–Kier alpha value is -0.900. The molecule has 1 amide bonds. The van der Waals surface area contributed by atoms with Crippen LogP contribution in [0.2, 0.25) is 0 Å². The molecule has 0 aliphatic heterocycles. The Labute approximate surface area is 110 Å². The molecule has 92 valence electrons. The summed E-state index contributed by atoms with van der Waals surface area (Å²) < 4.78 is 0.829. The van der Waals surface area contributed by atoms with Gasteiger partial charge in [0.2, 0.25) is 0 Å². The third-order valence-electron chi connectivity index (χ3n) is 3.53. The Kier molecular flexibility index (Phi) is 3.52. The Bertz CT molecular complexity index is 431. The molecule has 0 radical (unpaired) electrons. The van der Waals surface area contributed by atoms with Crippen LogP contribution in [0.25, 0.3) is 0 Å². The van der Waals surface area contributed by atoms with Crippen LogP contribution in [0.5, 0.6) is 0 Å². The molecule has 3 nitrogen and oxygen atoms in total. The molecule has 1 heterocycles. The van der Waals surface area contributed by atoms with Gasteiger partial charge in [0.15, 0.2) is 0 Å². The van der Waals surface area contributed by atoms with Gasteiger partial charge in [-0.15, -0.1) is 0 Å². The monoisotopic (exact) mass is 296 g/mol. The van der Waals surface area contributed by atoms with E-state index < -0.39 is 0 Å². The molecule has 1 fully saturated rings. The molecule has 0 saturated heterocycles. The number of aromatic nitrogens is 1. The van der Waals surface area contributed by atoms with E-state index >= 15 is 0 Å². The highest BCUT2D eigenvalue weighted by molar-refractivity contribution is 9.10. The number of rotatable bonds is 2. The topological polar surface area (TPSA) is 42.0 Å². The summed E-state index contributed by atoms with van der Waals surface area (Å²) >= 11 is 3.32. The van der Waals surface area contributed by atoms with Crippen molar-refractivity contribution in [3.8, 4) is 0 Å². The second kappa shape index (κ2) is 4.77. The first-order valence-corrected chi connectivity index (χ1v) is 6.70. The minimum Gasteiger partial charge on any atom is -0.349 e. The minimum atomic E-state index is -0.0289. The lowest BCUT2D eigenvalue weighted by Crippen LogP contribution is -2.41. The van der Waals surface area contributed by atoms with Crippen molar-refractivity contribution >= 4 is 21.8 Å². The van der Waals surface area contributed by atoms with Crippen molar-refractivity contribution < 1.29 is 4.79 Å². The molecular formula is C13H17BrN2O. The van der Waals surface area contributed by atoms with Gasteiger partial charge in [-0.25, -0.2) is 0 Å². The van der Waals surface area contributed by atoms with E-state index in [4.69, 9.17) is 0 Å². The normalized spacial score (nSPS) is 22.4. The first kappa shape index (κ1) is 12.6. The van der Waals surface area contributed by atoms with Crippen molar-refractivity contribution in [1.29, 1.82) is 0 Å². The van der Waals surface area contributed by atoms with Gasteiger partial charge < -0.3 is 5.32 Å². The van der Waals surface area contributed by atoms with Gasteiger partial charge in [-0.05, 0) is 40.3 Å². The largest absolute Gasteiger partial charge is 0.349 e. The van der Waals surface area contributed by atoms with Crippen LogP contribution in [0.4, 0.5) is 0 Å². The molecule has 17 heavy (non-hydrogen) atoms. The fourth-order valence-corrected chi connectivity index (χ4v) is 2.74. The van der Waals surface area contributed by atoms with E-state index in [9.17, 15) is 4.79 Å². The van der Waals surface area contributed by atoms with Crippen LogP contribution < -0.4 is 5.32 Å². The van der Waals surface area contributed by atoms with Gasteiger partial charge in [-0.3, -0.25) is 9.78 Å². The Morgan fingerprint density at radius 2 is 2.29 bits per heavy atom. The summed E-state index contributed by atoms with van der Waals surface area (Å²) in [6.45, 7) is 4.42. The summed E-state index contributed by atoms with van der Waals surface area (Å²) in [6, 6.07) is 2.07. The quantitative estimate of drug-likeness (QED) is 0.911. The average molecular weight is 297 g/mol. The molecule has 1 atom stereocenters. The number of pyridine rings is 1. The van der Waals surface area contributed by atoms with Gasteiger partial charge in [0.25, 0.3) is 5.91 Å². The highest BCUT2D eigenvalue weighted by Crippen LogP contribution is 2.37. The molecular weight excluding hydrogens is 280 g/mol. The summed E-state index contributed by atoms with van der Waals surface area (Å²) in [5.41, 5.74) is 0.817. The van der Waals surface area contributed by atoms with Crippen LogP contribution >= 0.6 is 15.9 Å². The third-order valence-corrected chi connectivity index (χ3v) is 3.96. The van der Waals surface area contributed by atoms with Gasteiger partial charge in [-0.1, -0.05) is 20.3 Å². The van der Waals surface area contributed by atoms with Crippen molar-refractivity contribution in [2.24, 2.45) is 5.41 Å². The first-order valence-electron chi connectivity index (χ1n) is 5.90. The predicted octanol–water partition coefficient (Wildman–Crippen LogP) is 3.15. The summed E-state index contributed by atoms with van der Waals surface area (Å²) in [5.74, 6) is -0.0289. The Balaban J connectivity index is 2.07. The molecule has 0 bridgehead atoms. The number of halogens is 1. The molecule has 1 aromatic heterocycles. The van der Waals surface area contributed by atoms with E-state index in [2.05, 4.69) is 40.1 Å². The number of carbonyl (C=O) groups is 1. The van der Waals surface area contributed by atoms with E-state index in [1.54, 1.807) is 18.5 Å². The summed E-state index contributed by atoms with van der Waals surface area (Å²) in [7, 11) is 0. The molecule has 0 spiro atoms. The number of carbonyl (C=O) groups excluding carboxylic acids is 1. The molecule has 4 heteroatoms. The highest BCUT2D eigenvalue weighted by Gasteiger charge is 2.35. The zero-order valence-electron chi connectivity index (χ0n) is 10.2. The molecule has 2 rings (SSSR count). The maximum absolute atomic E-state index is 12.1. The lowest BCUT2D eigenvalue weighted by Gasteiger charge is -2.27. The van der Waals surface area contributed by atoms with E-state index in [0.717, 1.165) is 10.9 Å². The van der Waals surface area contributed by atoms with Crippen molar-refractivity contribution in [1.82, 2.24) is 10.3 Å². The molecule has 0 aromatic carbocycles. The predicted molar refractivity (Wildman–Crippen MR) is 70.8 cm³/mol. The molecule has 1 aromatic rings. The van der Waals surface area contributed by atoms with Crippen LogP contribution in [-0.4, -0.2) is 16.9 Å². The number of hydrogen-bond acceptors (Lipinski definition) is 2. The van der Waals surface area contributed by atoms with E-state index in [0.29, 0.717) is 5.56 Å². The standard InChI is InChI=1S/C13H17BrN2O/c1-13(2)5-3-4-11(13)16-12(17)9-6-10(14)8-15-7-9/h6-8,11H,3-5H2,1-2H3,(H,16,17). The van der Waals surface area contributed by atoms with Crippen molar-refractivity contribution in [3.05, 3.63) is 28.5 Å². The average Bonchev–Trinajstić information content (AvgIpc) is 2.58. The van der Waals surface area contributed by atoms with Crippen LogP contribution in [0, 0.1) is 5.41 Å². The lowest BCUT2D eigenvalue weighted by molar-refractivity contribution is 0.0909. The van der Waals surface area contributed by atoms with Crippen LogP contribution in [0.3, 0.4) is 0 Å². The SMILES string of the molecule is CC1(C)CCCC1NC(=O)c1cncc(Br)c1. The van der Waals surface area contributed by atoms with Gasteiger partial charge in [0.05, 0.1) is 5.56 Å². The van der Waals surface area contributed by atoms with Crippen LogP contribution in [-0.2, 0) is 0 Å². The molecule has 1 saturated carbocycles. The second-order valence-electron chi connectivity index (χ2n) is 5.30. The van der Waals surface area contributed by atoms with Crippen LogP contribution in [0.1, 0.15) is 43.5 Å². The fourth-order valence-electron chi connectivity index (χ4n) is 2.37. The van der Waals surface area contributed by atoms with Crippen LogP contribution in [0.15, 0.2) is 22.9 Å². The Morgan fingerprint density at radius 3 is 2.88 bits per heavy atom. The first-order chi connectivity index (χ1) is 7.99. The minimum absolute atomic E-state index is 0.0289.